The first kappa shape index (κ1) is 16.7. The zero-order valence-electron chi connectivity index (χ0n) is 13.2. The van der Waals surface area contributed by atoms with Crippen molar-refractivity contribution in [2.75, 3.05) is 0 Å². The number of hydrogen-bond donors (Lipinski definition) is 1. The lowest BCUT2D eigenvalue weighted by Gasteiger charge is -2.07. The maximum absolute atomic E-state index is 12.1. The summed E-state index contributed by atoms with van der Waals surface area (Å²) in [4.78, 5) is 12.1. The van der Waals surface area contributed by atoms with Crippen LogP contribution in [0.3, 0.4) is 0 Å². The van der Waals surface area contributed by atoms with Crippen LogP contribution in [0.1, 0.15) is 79.8 Å². The second-order valence-corrected chi connectivity index (χ2v) is 5.75. The second-order valence-electron chi connectivity index (χ2n) is 5.75. The maximum Gasteiger partial charge on any atom is 0.162 e. The Labute approximate surface area is 123 Å². The fourth-order valence-electron chi connectivity index (χ4n) is 2.50. The van der Waals surface area contributed by atoms with Gasteiger partial charge in [-0.05, 0) is 43.5 Å². The molecule has 0 atom stereocenters. The SMILES string of the molecule is CCCCCCCCCC(=O)c1cc(C)c(O)c(C)c1. The molecular weight excluding hydrogens is 248 g/mol. The topological polar surface area (TPSA) is 37.3 Å². The summed E-state index contributed by atoms with van der Waals surface area (Å²) in [6.07, 6.45) is 9.19. The van der Waals surface area contributed by atoms with E-state index in [-0.39, 0.29) is 5.78 Å². The number of Topliss-reactive ketones (excluding diaryl/α,β-unsaturated/α-hetero) is 1. The highest BCUT2D eigenvalue weighted by Crippen LogP contribution is 2.24. The highest BCUT2D eigenvalue weighted by atomic mass is 16.3. The largest absolute Gasteiger partial charge is 0.507 e. The molecule has 1 aromatic rings. The number of hydrogen-bond acceptors (Lipinski definition) is 2. The predicted molar refractivity (Wildman–Crippen MR) is 84.5 cm³/mol. The van der Waals surface area contributed by atoms with Crippen LogP contribution >= 0.6 is 0 Å². The predicted octanol–water partition coefficient (Wildman–Crippen LogP) is 5.33. The number of benzene rings is 1. The summed E-state index contributed by atoms with van der Waals surface area (Å²) in [5.74, 6) is 0.502. The van der Waals surface area contributed by atoms with Gasteiger partial charge in [0.15, 0.2) is 5.78 Å². The molecule has 20 heavy (non-hydrogen) atoms. The zero-order chi connectivity index (χ0) is 15.0. The van der Waals surface area contributed by atoms with Crippen molar-refractivity contribution in [1.82, 2.24) is 0 Å². The van der Waals surface area contributed by atoms with E-state index in [0.717, 1.165) is 29.5 Å². The Bertz CT molecular complexity index is 412. The van der Waals surface area contributed by atoms with Gasteiger partial charge in [-0.2, -0.15) is 0 Å². The molecule has 0 heterocycles. The first-order chi connectivity index (χ1) is 9.56. The smallest absolute Gasteiger partial charge is 0.162 e. The second kappa shape index (κ2) is 8.78. The van der Waals surface area contributed by atoms with Crippen LogP contribution in [0.2, 0.25) is 0 Å². The molecule has 1 aromatic carbocycles. The number of phenols is 1. The average Bonchev–Trinajstić information content (AvgIpc) is 2.43. The molecule has 0 fully saturated rings. The van der Waals surface area contributed by atoms with Crippen molar-refractivity contribution in [3.63, 3.8) is 0 Å². The zero-order valence-corrected chi connectivity index (χ0v) is 13.2. The first-order valence-corrected chi connectivity index (χ1v) is 7.89. The van der Waals surface area contributed by atoms with E-state index in [4.69, 9.17) is 0 Å². The molecule has 1 rings (SSSR count). The van der Waals surface area contributed by atoms with Gasteiger partial charge in [0.1, 0.15) is 5.75 Å². The number of unbranched alkanes of at least 4 members (excludes halogenated alkanes) is 6. The van der Waals surface area contributed by atoms with Gasteiger partial charge in [-0.15, -0.1) is 0 Å². The molecule has 0 radical (unpaired) electrons. The highest BCUT2D eigenvalue weighted by molar-refractivity contribution is 5.96. The van der Waals surface area contributed by atoms with Gasteiger partial charge in [-0.3, -0.25) is 4.79 Å². The summed E-state index contributed by atoms with van der Waals surface area (Å²) in [6, 6.07) is 3.60. The number of phenolic OH excluding ortho intramolecular Hbond substituents is 1. The Kier molecular flexibility index (Phi) is 7.35. The Morgan fingerprint density at radius 2 is 1.45 bits per heavy atom. The van der Waals surface area contributed by atoms with Crippen LogP contribution < -0.4 is 0 Å². The summed E-state index contributed by atoms with van der Waals surface area (Å²) in [7, 11) is 0. The first-order valence-electron chi connectivity index (χ1n) is 7.89. The minimum atomic E-state index is 0.199. The van der Waals surface area contributed by atoms with Crippen LogP contribution in [0, 0.1) is 13.8 Å². The van der Waals surface area contributed by atoms with Crippen LogP contribution in [-0.4, -0.2) is 10.9 Å². The summed E-state index contributed by atoms with van der Waals surface area (Å²) >= 11 is 0. The van der Waals surface area contributed by atoms with Crippen LogP contribution in [0.15, 0.2) is 12.1 Å². The van der Waals surface area contributed by atoms with Gasteiger partial charge in [0.05, 0.1) is 0 Å². The van der Waals surface area contributed by atoms with E-state index >= 15 is 0 Å². The monoisotopic (exact) mass is 276 g/mol. The van der Waals surface area contributed by atoms with Crippen molar-refractivity contribution in [1.29, 1.82) is 0 Å². The molecule has 0 bridgehead atoms. The van der Waals surface area contributed by atoms with E-state index in [1.165, 1.54) is 32.1 Å². The van der Waals surface area contributed by atoms with E-state index in [1.807, 2.05) is 13.8 Å². The summed E-state index contributed by atoms with van der Waals surface area (Å²) in [6.45, 7) is 5.90. The van der Waals surface area contributed by atoms with Crippen LogP contribution in [0.5, 0.6) is 5.75 Å². The summed E-state index contributed by atoms with van der Waals surface area (Å²) in [5, 5.41) is 9.72. The van der Waals surface area contributed by atoms with E-state index in [0.29, 0.717) is 12.2 Å². The molecule has 0 amide bonds. The standard InChI is InChI=1S/C18H28O2/c1-4-5-6-7-8-9-10-11-17(19)16-12-14(2)18(20)15(3)13-16/h12-13,20H,4-11H2,1-3H3. The fourth-order valence-corrected chi connectivity index (χ4v) is 2.50. The molecule has 0 spiro atoms. The van der Waals surface area contributed by atoms with Crippen LogP contribution in [0.25, 0.3) is 0 Å². The molecule has 2 nitrogen and oxygen atoms in total. The normalized spacial score (nSPS) is 10.8. The molecule has 0 aliphatic carbocycles. The molecule has 0 aliphatic rings. The van der Waals surface area contributed by atoms with E-state index in [1.54, 1.807) is 12.1 Å². The number of aromatic hydroxyl groups is 1. The van der Waals surface area contributed by atoms with Gasteiger partial charge in [-0.1, -0.05) is 45.4 Å². The molecule has 2 heteroatoms. The quantitative estimate of drug-likeness (QED) is 0.488. The Morgan fingerprint density at radius 3 is 2.00 bits per heavy atom. The van der Waals surface area contributed by atoms with Gasteiger partial charge in [0.2, 0.25) is 0 Å². The number of carbonyl (C=O) groups is 1. The van der Waals surface area contributed by atoms with E-state index in [9.17, 15) is 9.90 Å². The van der Waals surface area contributed by atoms with Crippen LogP contribution in [0.4, 0.5) is 0 Å². The van der Waals surface area contributed by atoms with Crippen molar-refractivity contribution >= 4 is 5.78 Å². The minimum absolute atomic E-state index is 0.199. The third-order valence-electron chi connectivity index (χ3n) is 3.82. The number of ketones is 1. The average molecular weight is 276 g/mol. The third kappa shape index (κ3) is 5.36. The van der Waals surface area contributed by atoms with Gasteiger partial charge in [0, 0.05) is 12.0 Å². The number of aryl methyl sites for hydroxylation is 2. The Morgan fingerprint density at radius 1 is 0.950 bits per heavy atom. The van der Waals surface area contributed by atoms with Gasteiger partial charge in [0.25, 0.3) is 0 Å². The van der Waals surface area contributed by atoms with Gasteiger partial charge < -0.3 is 5.11 Å². The minimum Gasteiger partial charge on any atom is -0.507 e. The number of carbonyl (C=O) groups excluding carboxylic acids is 1. The van der Waals surface area contributed by atoms with Crippen LogP contribution in [-0.2, 0) is 0 Å². The lowest BCUT2D eigenvalue weighted by atomic mass is 9.99. The molecule has 0 aliphatic heterocycles. The van der Waals surface area contributed by atoms with Crippen molar-refractivity contribution in [3.8, 4) is 5.75 Å². The Balaban J connectivity index is 2.33. The molecular formula is C18H28O2. The Hall–Kier alpha value is -1.31. The summed E-state index contributed by atoms with van der Waals surface area (Å²) < 4.78 is 0. The molecule has 0 saturated heterocycles. The highest BCUT2D eigenvalue weighted by Gasteiger charge is 2.09. The van der Waals surface area contributed by atoms with Crippen molar-refractivity contribution in [3.05, 3.63) is 28.8 Å². The van der Waals surface area contributed by atoms with Crippen molar-refractivity contribution < 1.29 is 9.90 Å². The van der Waals surface area contributed by atoms with Gasteiger partial charge >= 0.3 is 0 Å². The van der Waals surface area contributed by atoms with Crippen molar-refractivity contribution in [2.24, 2.45) is 0 Å². The molecule has 112 valence electrons. The molecule has 0 saturated carbocycles. The van der Waals surface area contributed by atoms with Gasteiger partial charge in [-0.25, -0.2) is 0 Å². The number of rotatable bonds is 9. The maximum atomic E-state index is 12.1. The lowest BCUT2D eigenvalue weighted by molar-refractivity contribution is 0.0979. The fraction of sp³-hybridized carbons (Fsp3) is 0.611. The van der Waals surface area contributed by atoms with E-state index < -0.39 is 0 Å². The van der Waals surface area contributed by atoms with Crippen molar-refractivity contribution in [2.45, 2.75) is 72.1 Å². The van der Waals surface area contributed by atoms with E-state index in [2.05, 4.69) is 6.92 Å². The lowest BCUT2D eigenvalue weighted by Crippen LogP contribution is -2.00. The third-order valence-corrected chi connectivity index (χ3v) is 3.82. The molecule has 0 unspecified atom stereocenters. The molecule has 0 aromatic heterocycles. The molecule has 1 N–H and O–H groups in total. The summed E-state index contributed by atoms with van der Waals surface area (Å²) in [5.41, 5.74) is 2.31.